The summed E-state index contributed by atoms with van der Waals surface area (Å²) in [5.41, 5.74) is 1.73. The summed E-state index contributed by atoms with van der Waals surface area (Å²) >= 11 is 0. The minimum Gasteiger partial charge on any atom is -0.393 e. The molecule has 4 rings (SSSR count). The molecule has 3 fully saturated rings. The van der Waals surface area contributed by atoms with Crippen LogP contribution >= 0.6 is 0 Å². The molecule has 0 aromatic carbocycles. The van der Waals surface area contributed by atoms with Gasteiger partial charge in [0, 0.05) is 0 Å². The van der Waals surface area contributed by atoms with Crippen molar-refractivity contribution in [2.75, 3.05) is 0 Å². The Morgan fingerprint density at radius 3 is 2.50 bits per heavy atom. The third-order valence-corrected chi connectivity index (χ3v) is 9.87. The predicted molar refractivity (Wildman–Crippen MR) is 107 cm³/mol. The van der Waals surface area contributed by atoms with Gasteiger partial charge in [0.05, 0.1) is 11.7 Å². The largest absolute Gasteiger partial charge is 0.393 e. The molecular weight excluding hydrogens is 320 g/mol. The van der Waals surface area contributed by atoms with Crippen LogP contribution in [-0.2, 0) is 0 Å². The number of aliphatic hydroxyl groups is 2. The highest BCUT2D eigenvalue weighted by Gasteiger charge is 2.59. The first-order valence-electron chi connectivity index (χ1n) is 11.2. The summed E-state index contributed by atoms with van der Waals surface area (Å²) in [4.78, 5) is 0. The molecule has 7 unspecified atom stereocenters. The van der Waals surface area contributed by atoms with Crippen LogP contribution in [0.5, 0.6) is 0 Å². The molecule has 148 valence electrons. The van der Waals surface area contributed by atoms with Crippen molar-refractivity contribution in [3.63, 3.8) is 0 Å². The second-order valence-electron chi connectivity index (χ2n) is 11.3. The number of hydrogen-bond donors (Lipinski definition) is 2. The summed E-state index contributed by atoms with van der Waals surface area (Å²) in [6.45, 7) is 11.4. The number of hydrogen-bond acceptors (Lipinski definition) is 2. The lowest BCUT2D eigenvalue weighted by atomic mass is 9.46. The highest BCUT2D eigenvalue weighted by atomic mass is 16.3. The number of allylic oxidation sites excluding steroid dienone is 1. The third kappa shape index (κ3) is 2.65. The molecule has 0 radical (unpaired) electrons. The fourth-order valence-electron chi connectivity index (χ4n) is 8.00. The summed E-state index contributed by atoms with van der Waals surface area (Å²) < 4.78 is 0. The highest BCUT2D eigenvalue weighted by molar-refractivity contribution is 5.25. The Morgan fingerprint density at radius 1 is 1.08 bits per heavy atom. The lowest BCUT2D eigenvalue weighted by molar-refractivity contribution is -0.0829. The van der Waals surface area contributed by atoms with E-state index in [1.165, 1.54) is 38.5 Å². The smallest absolute Gasteiger partial charge is 0.0620 e. The number of rotatable bonds is 2. The first-order valence-corrected chi connectivity index (χ1v) is 11.2. The molecule has 0 aliphatic heterocycles. The van der Waals surface area contributed by atoms with Gasteiger partial charge < -0.3 is 10.2 Å². The van der Waals surface area contributed by atoms with E-state index in [4.69, 9.17) is 0 Å². The standard InChI is InChI=1S/C24H40O2/c1-15(22(2,3)26)19-8-9-20-18-7-6-16-14-17(25)10-12-23(16,4)21(18)11-13-24(19,20)5/h6,15,17-21,25-26H,7-14H2,1-5H3/t15-,17?,18?,19?,20?,21?,23?,24?/m0/s1. The van der Waals surface area contributed by atoms with Crippen molar-refractivity contribution in [2.45, 2.75) is 97.7 Å². The molecule has 0 bridgehead atoms. The molecule has 0 aromatic heterocycles. The van der Waals surface area contributed by atoms with Gasteiger partial charge >= 0.3 is 0 Å². The Balaban J connectivity index is 1.62. The molecule has 4 aliphatic rings. The fourth-order valence-corrected chi connectivity index (χ4v) is 8.00. The predicted octanol–water partition coefficient (Wildman–Crippen LogP) is 5.33. The van der Waals surface area contributed by atoms with E-state index in [2.05, 4.69) is 26.8 Å². The molecule has 0 saturated heterocycles. The van der Waals surface area contributed by atoms with Crippen LogP contribution in [0, 0.1) is 40.4 Å². The van der Waals surface area contributed by atoms with Crippen LogP contribution in [0.15, 0.2) is 11.6 Å². The van der Waals surface area contributed by atoms with Gasteiger partial charge in [-0.05, 0) is 106 Å². The lowest BCUT2D eigenvalue weighted by Gasteiger charge is -2.58. The van der Waals surface area contributed by atoms with Crippen LogP contribution in [0.4, 0.5) is 0 Å². The van der Waals surface area contributed by atoms with Crippen LogP contribution in [0.25, 0.3) is 0 Å². The average Bonchev–Trinajstić information content (AvgIpc) is 2.91. The lowest BCUT2D eigenvalue weighted by Crippen LogP contribution is -2.51. The van der Waals surface area contributed by atoms with Gasteiger partial charge in [0.15, 0.2) is 0 Å². The summed E-state index contributed by atoms with van der Waals surface area (Å²) in [5.74, 6) is 3.46. The Morgan fingerprint density at radius 2 is 1.81 bits per heavy atom. The topological polar surface area (TPSA) is 40.5 Å². The molecular formula is C24H40O2. The summed E-state index contributed by atoms with van der Waals surface area (Å²) in [5, 5.41) is 20.8. The van der Waals surface area contributed by atoms with Crippen molar-refractivity contribution in [3.05, 3.63) is 11.6 Å². The normalized spacial score (nSPS) is 49.7. The molecule has 2 heteroatoms. The SMILES string of the molecule is C[C@@H](C1CCC2C3CC=C4CC(O)CCC4(C)C3CCC21C)C(C)(C)O. The van der Waals surface area contributed by atoms with Gasteiger partial charge in [-0.2, -0.15) is 0 Å². The Bertz CT molecular complexity index is 588. The van der Waals surface area contributed by atoms with Crippen LogP contribution in [-0.4, -0.2) is 21.9 Å². The second-order valence-corrected chi connectivity index (χ2v) is 11.3. The van der Waals surface area contributed by atoms with Crippen LogP contribution in [0.1, 0.15) is 86.0 Å². The molecule has 3 saturated carbocycles. The monoisotopic (exact) mass is 360 g/mol. The first kappa shape index (κ1) is 19.0. The fraction of sp³-hybridized carbons (Fsp3) is 0.917. The van der Waals surface area contributed by atoms with Crippen molar-refractivity contribution in [1.82, 2.24) is 0 Å². The Labute approximate surface area is 160 Å². The van der Waals surface area contributed by atoms with E-state index in [9.17, 15) is 10.2 Å². The summed E-state index contributed by atoms with van der Waals surface area (Å²) in [6.07, 6.45) is 12.0. The van der Waals surface area contributed by atoms with E-state index < -0.39 is 5.60 Å². The maximum Gasteiger partial charge on any atom is 0.0620 e. The molecule has 0 spiro atoms. The zero-order valence-electron chi connectivity index (χ0n) is 17.6. The maximum atomic E-state index is 10.7. The van der Waals surface area contributed by atoms with Gasteiger partial charge in [0.1, 0.15) is 0 Å². The van der Waals surface area contributed by atoms with Crippen molar-refractivity contribution in [2.24, 2.45) is 40.4 Å². The molecule has 0 heterocycles. The van der Waals surface area contributed by atoms with E-state index >= 15 is 0 Å². The van der Waals surface area contributed by atoms with Crippen molar-refractivity contribution < 1.29 is 10.2 Å². The van der Waals surface area contributed by atoms with Gasteiger partial charge in [-0.1, -0.05) is 32.4 Å². The van der Waals surface area contributed by atoms with E-state index in [1.54, 1.807) is 5.57 Å². The minimum atomic E-state index is -0.579. The van der Waals surface area contributed by atoms with Gasteiger partial charge in [0.25, 0.3) is 0 Å². The van der Waals surface area contributed by atoms with Crippen LogP contribution < -0.4 is 0 Å². The van der Waals surface area contributed by atoms with E-state index in [0.717, 1.165) is 30.6 Å². The van der Waals surface area contributed by atoms with Crippen LogP contribution in [0.3, 0.4) is 0 Å². The van der Waals surface area contributed by atoms with Crippen LogP contribution in [0.2, 0.25) is 0 Å². The molecule has 26 heavy (non-hydrogen) atoms. The minimum absolute atomic E-state index is 0.108. The zero-order chi connectivity index (χ0) is 18.9. The van der Waals surface area contributed by atoms with Crippen molar-refractivity contribution in [3.8, 4) is 0 Å². The summed E-state index contributed by atoms with van der Waals surface area (Å²) in [6, 6.07) is 0. The van der Waals surface area contributed by atoms with Gasteiger partial charge in [-0.25, -0.2) is 0 Å². The van der Waals surface area contributed by atoms with Gasteiger partial charge in [-0.3, -0.25) is 0 Å². The quantitative estimate of drug-likeness (QED) is 0.653. The van der Waals surface area contributed by atoms with E-state index in [-0.39, 0.29) is 6.10 Å². The van der Waals surface area contributed by atoms with E-state index in [1.807, 2.05) is 13.8 Å². The summed E-state index contributed by atoms with van der Waals surface area (Å²) in [7, 11) is 0. The molecule has 2 nitrogen and oxygen atoms in total. The molecule has 8 atom stereocenters. The Hall–Kier alpha value is -0.340. The highest BCUT2D eigenvalue weighted by Crippen LogP contribution is 2.67. The third-order valence-electron chi connectivity index (χ3n) is 9.87. The number of aliphatic hydroxyl groups excluding tert-OH is 1. The van der Waals surface area contributed by atoms with E-state index in [0.29, 0.717) is 22.7 Å². The number of fused-ring (bicyclic) bond motifs is 5. The van der Waals surface area contributed by atoms with Gasteiger partial charge in [0.2, 0.25) is 0 Å². The zero-order valence-corrected chi connectivity index (χ0v) is 17.6. The molecule has 0 amide bonds. The average molecular weight is 361 g/mol. The van der Waals surface area contributed by atoms with Crippen molar-refractivity contribution in [1.29, 1.82) is 0 Å². The second kappa shape index (κ2) is 6.08. The molecule has 0 aromatic rings. The first-order chi connectivity index (χ1) is 12.1. The van der Waals surface area contributed by atoms with Gasteiger partial charge in [-0.15, -0.1) is 0 Å². The molecule has 4 aliphatic carbocycles. The maximum absolute atomic E-state index is 10.7. The Kier molecular flexibility index (Phi) is 4.44. The molecule has 2 N–H and O–H groups in total. The van der Waals surface area contributed by atoms with Crippen molar-refractivity contribution >= 4 is 0 Å².